The lowest BCUT2D eigenvalue weighted by molar-refractivity contribution is 0.424. The van der Waals surface area contributed by atoms with Gasteiger partial charge in [-0.1, -0.05) is 13.8 Å². The van der Waals surface area contributed by atoms with Crippen LogP contribution >= 0.6 is 0 Å². The molecular weight excluding hydrogens is 248 g/mol. The highest BCUT2D eigenvalue weighted by Crippen LogP contribution is 2.17. The number of aromatic nitrogens is 3. The molecule has 0 aromatic carbocycles. The molecule has 4 nitrogen and oxygen atoms in total. The molecule has 1 atom stereocenters. The fraction of sp³-hybridized carbons (Fsp3) is 0.500. The molecule has 20 heavy (non-hydrogen) atoms. The van der Waals surface area contributed by atoms with Crippen molar-refractivity contribution in [2.75, 3.05) is 0 Å². The van der Waals surface area contributed by atoms with E-state index in [1.807, 2.05) is 18.3 Å². The first-order valence-corrected chi connectivity index (χ1v) is 7.36. The average molecular weight is 272 g/mol. The molecule has 1 unspecified atom stereocenters. The molecule has 0 aliphatic carbocycles. The number of rotatable bonds is 6. The molecule has 2 N–H and O–H groups in total. The van der Waals surface area contributed by atoms with Crippen LogP contribution in [0.15, 0.2) is 30.6 Å². The van der Waals surface area contributed by atoms with E-state index in [0.717, 1.165) is 30.7 Å². The van der Waals surface area contributed by atoms with E-state index in [9.17, 15) is 0 Å². The van der Waals surface area contributed by atoms with Gasteiger partial charge >= 0.3 is 0 Å². The van der Waals surface area contributed by atoms with Crippen LogP contribution in [0.25, 0.3) is 0 Å². The third-order valence-corrected chi connectivity index (χ3v) is 3.73. The first kappa shape index (κ1) is 14.7. The Bertz CT molecular complexity index is 543. The van der Waals surface area contributed by atoms with Crippen LogP contribution in [0.2, 0.25) is 0 Å². The Morgan fingerprint density at radius 2 is 2.00 bits per heavy atom. The summed E-state index contributed by atoms with van der Waals surface area (Å²) in [4.78, 5) is 4.35. The lowest BCUT2D eigenvalue weighted by Crippen LogP contribution is -2.16. The van der Waals surface area contributed by atoms with Gasteiger partial charge in [-0.2, -0.15) is 5.10 Å². The fourth-order valence-electron chi connectivity index (χ4n) is 2.44. The van der Waals surface area contributed by atoms with Gasteiger partial charge in [-0.25, -0.2) is 0 Å². The Labute approximate surface area is 121 Å². The molecule has 0 saturated carbocycles. The number of hydrogen-bond donors (Lipinski definition) is 1. The van der Waals surface area contributed by atoms with E-state index in [1.54, 1.807) is 0 Å². The zero-order valence-electron chi connectivity index (χ0n) is 12.6. The molecule has 2 heterocycles. The van der Waals surface area contributed by atoms with Gasteiger partial charge in [0.25, 0.3) is 0 Å². The summed E-state index contributed by atoms with van der Waals surface area (Å²) in [5.41, 5.74) is 9.39. The van der Waals surface area contributed by atoms with Crippen LogP contribution in [0.5, 0.6) is 0 Å². The number of aryl methyl sites for hydroxylation is 1. The highest BCUT2D eigenvalue weighted by Gasteiger charge is 2.12. The molecule has 4 heteroatoms. The second-order valence-electron chi connectivity index (χ2n) is 5.33. The third kappa shape index (κ3) is 3.45. The third-order valence-electron chi connectivity index (χ3n) is 3.73. The quantitative estimate of drug-likeness (QED) is 0.878. The Hall–Kier alpha value is -1.68. The van der Waals surface area contributed by atoms with Crippen LogP contribution < -0.4 is 5.73 Å². The average Bonchev–Trinajstić information content (AvgIpc) is 2.88. The van der Waals surface area contributed by atoms with E-state index < -0.39 is 0 Å². The van der Waals surface area contributed by atoms with Gasteiger partial charge in [-0.05, 0) is 43.5 Å². The minimum absolute atomic E-state index is 0.0973. The molecule has 108 valence electrons. The van der Waals surface area contributed by atoms with Gasteiger partial charge < -0.3 is 5.73 Å². The van der Waals surface area contributed by atoms with Crippen LogP contribution in [0.3, 0.4) is 0 Å². The minimum atomic E-state index is -0.0973. The number of nitrogens with two attached hydrogens (primary N) is 1. The van der Waals surface area contributed by atoms with Crippen LogP contribution in [0, 0.1) is 6.92 Å². The Balaban J connectivity index is 2.06. The molecule has 0 aliphatic heterocycles. The van der Waals surface area contributed by atoms with Crippen molar-refractivity contribution in [2.45, 2.75) is 52.1 Å². The SMILES string of the molecule is CCC(CC)n1ccc(CC(N)c2cc(C)ccn2)n1. The maximum absolute atomic E-state index is 6.23. The van der Waals surface area contributed by atoms with E-state index in [2.05, 4.69) is 47.8 Å². The summed E-state index contributed by atoms with van der Waals surface area (Å²) >= 11 is 0. The van der Waals surface area contributed by atoms with Gasteiger partial charge in [0.05, 0.1) is 23.5 Å². The van der Waals surface area contributed by atoms with Gasteiger partial charge in [0.1, 0.15) is 0 Å². The van der Waals surface area contributed by atoms with E-state index in [1.165, 1.54) is 5.56 Å². The summed E-state index contributed by atoms with van der Waals surface area (Å²) in [6.45, 7) is 6.44. The fourth-order valence-corrected chi connectivity index (χ4v) is 2.44. The van der Waals surface area contributed by atoms with Crippen molar-refractivity contribution in [2.24, 2.45) is 5.73 Å². The molecule has 0 amide bonds. The molecule has 0 bridgehead atoms. The normalized spacial score (nSPS) is 12.8. The topological polar surface area (TPSA) is 56.7 Å². The maximum Gasteiger partial charge on any atom is 0.0644 e. The lowest BCUT2D eigenvalue weighted by Gasteiger charge is -2.13. The van der Waals surface area contributed by atoms with Gasteiger partial charge in [0.15, 0.2) is 0 Å². The van der Waals surface area contributed by atoms with Gasteiger partial charge in [-0.15, -0.1) is 0 Å². The molecule has 2 aromatic heterocycles. The summed E-state index contributed by atoms with van der Waals surface area (Å²) in [5, 5.41) is 4.65. The van der Waals surface area contributed by atoms with Crippen molar-refractivity contribution in [1.82, 2.24) is 14.8 Å². The van der Waals surface area contributed by atoms with Crippen molar-refractivity contribution < 1.29 is 0 Å². The van der Waals surface area contributed by atoms with E-state index in [4.69, 9.17) is 5.73 Å². The second kappa shape index (κ2) is 6.66. The van der Waals surface area contributed by atoms with E-state index >= 15 is 0 Å². The highest BCUT2D eigenvalue weighted by molar-refractivity contribution is 5.18. The molecule has 0 aliphatic rings. The standard InChI is InChI=1S/C16H24N4/c1-4-14(5-2)20-9-7-13(19-20)11-15(17)16-10-12(3)6-8-18-16/h6-10,14-15H,4-5,11,17H2,1-3H3. The van der Waals surface area contributed by atoms with Crippen molar-refractivity contribution in [1.29, 1.82) is 0 Å². The minimum Gasteiger partial charge on any atom is -0.322 e. The van der Waals surface area contributed by atoms with Crippen LogP contribution in [-0.4, -0.2) is 14.8 Å². The lowest BCUT2D eigenvalue weighted by atomic mass is 10.1. The predicted molar refractivity (Wildman–Crippen MR) is 81.5 cm³/mol. The van der Waals surface area contributed by atoms with E-state index in [0.29, 0.717) is 6.04 Å². The summed E-state index contributed by atoms with van der Waals surface area (Å²) in [6, 6.07) is 6.48. The molecule has 0 saturated heterocycles. The molecule has 0 fully saturated rings. The molecule has 0 radical (unpaired) electrons. The molecule has 0 spiro atoms. The smallest absolute Gasteiger partial charge is 0.0644 e. The Kier molecular flexibility index (Phi) is 4.90. The van der Waals surface area contributed by atoms with Crippen molar-refractivity contribution in [3.05, 3.63) is 47.5 Å². The van der Waals surface area contributed by atoms with Gasteiger partial charge in [0, 0.05) is 18.8 Å². The number of hydrogen-bond acceptors (Lipinski definition) is 3. The molecular formula is C16H24N4. The van der Waals surface area contributed by atoms with Crippen LogP contribution in [0.4, 0.5) is 0 Å². The summed E-state index contributed by atoms with van der Waals surface area (Å²) in [7, 11) is 0. The zero-order valence-corrected chi connectivity index (χ0v) is 12.6. The zero-order chi connectivity index (χ0) is 14.5. The van der Waals surface area contributed by atoms with Gasteiger partial charge in [0.2, 0.25) is 0 Å². The maximum atomic E-state index is 6.23. The summed E-state index contributed by atoms with van der Waals surface area (Å²) in [5.74, 6) is 0. The first-order valence-electron chi connectivity index (χ1n) is 7.36. The second-order valence-corrected chi connectivity index (χ2v) is 5.33. The highest BCUT2D eigenvalue weighted by atomic mass is 15.3. The molecule has 2 rings (SSSR count). The summed E-state index contributed by atoms with van der Waals surface area (Å²) < 4.78 is 2.06. The first-order chi connectivity index (χ1) is 9.63. The van der Waals surface area contributed by atoms with Gasteiger partial charge in [-0.3, -0.25) is 9.67 Å². The Morgan fingerprint density at radius 1 is 1.25 bits per heavy atom. The van der Waals surface area contributed by atoms with Crippen molar-refractivity contribution in [3.63, 3.8) is 0 Å². The van der Waals surface area contributed by atoms with E-state index in [-0.39, 0.29) is 6.04 Å². The number of nitrogens with zero attached hydrogens (tertiary/aromatic N) is 3. The van der Waals surface area contributed by atoms with Crippen molar-refractivity contribution in [3.8, 4) is 0 Å². The number of pyridine rings is 1. The largest absolute Gasteiger partial charge is 0.322 e. The van der Waals surface area contributed by atoms with Crippen LogP contribution in [-0.2, 0) is 6.42 Å². The molecule has 2 aromatic rings. The van der Waals surface area contributed by atoms with Crippen LogP contribution in [0.1, 0.15) is 55.7 Å². The monoisotopic (exact) mass is 272 g/mol. The Morgan fingerprint density at radius 3 is 2.65 bits per heavy atom. The predicted octanol–water partition coefficient (Wildman–Crippen LogP) is 3.19. The summed E-state index contributed by atoms with van der Waals surface area (Å²) in [6.07, 6.45) is 6.80. The van der Waals surface area contributed by atoms with Crippen molar-refractivity contribution >= 4 is 0 Å².